The van der Waals surface area contributed by atoms with E-state index in [0.29, 0.717) is 35.7 Å². The van der Waals surface area contributed by atoms with Crippen molar-refractivity contribution in [3.8, 4) is 5.75 Å². The van der Waals surface area contributed by atoms with Crippen LogP contribution in [0, 0.1) is 0 Å². The summed E-state index contributed by atoms with van der Waals surface area (Å²) in [5.41, 5.74) is 1.28. The Morgan fingerprint density at radius 1 is 1.15 bits per heavy atom. The van der Waals surface area contributed by atoms with E-state index in [-0.39, 0.29) is 5.91 Å². The minimum atomic E-state index is -4.47. The van der Waals surface area contributed by atoms with Gasteiger partial charge in [-0.05, 0) is 42.2 Å². The SMILES string of the molecule is CNC(=O)[C@H](c1ccccc1)N(CCCc1ccc(C(F)(F)F)nc1)c1ccc(Cl)c(OC)c1. The molecule has 0 spiro atoms. The zero-order valence-corrected chi connectivity index (χ0v) is 19.5. The molecule has 9 heteroatoms. The Labute approximate surface area is 201 Å². The van der Waals surface area contributed by atoms with Crippen molar-refractivity contribution in [3.63, 3.8) is 0 Å². The molecule has 1 heterocycles. The number of anilines is 1. The number of nitrogens with zero attached hydrogens (tertiary/aromatic N) is 2. The van der Waals surface area contributed by atoms with Gasteiger partial charge >= 0.3 is 6.18 Å². The van der Waals surface area contributed by atoms with Crippen LogP contribution in [0.25, 0.3) is 0 Å². The summed E-state index contributed by atoms with van der Waals surface area (Å²) in [5, 5.41) is 3.17. The molecule has 1 amide bonds. The van der Waals surface area contributed by atoms with Crippen LogP contribution < -0.4 is 15.0 Å². The fourth-order valence-corrected chi connectivity index (χ4v) is 3.87. The van der Waals surface area contributed by atoms with E-state index in [2.05, 4.69) is 10.3 Å². The van der Waals surface area contributed by atoms with Crippen LogP contribution in [-0.2, 0) is 17.4 Å². The third kappa shape index (κ3) is 6.20. The van der Waals surface area contributed by atoms with Gasteiger partial charge in [0.15, 0.2) is 0 Å². The summed E-state index contributed by atoms with van der Waals surface area (Å²) in [6, 6.07) is 16.4. The molecule has 1 atom stereocenters. The molecule has 0 unspecified atom stereocenters. The first-order chi connectivity index (χ1) is 16.2. The smallest absolute Gasteiger partial charge is 0.433 e. The topological polar surface area (TPSA) is 54.5 Å². The molecule has 0 aliphatic carbocycles. The highest BCUT2D eigenvalue weighted by molar-refractivity contribution is 6.32. The number of halogens is 4. The van der Waals surface area contributed by atoms with Crippen molar-refractivity contribution in [1.82, 2.24) is 10.3 Å². The number of carbonyl (C=O) groups excluding carboxylic acids is 1. The molecule has 0 fully saturated rings. The van der Waals surface area contributed by atoms with Gasteiger partial charge in [0.2, 0.25) is 5.91 Å². The van der Waals surface area contributed by atoms with Gasteiger partial charge in [-0.15, -0.1) is 0 Å². The molecule has 180 valence electrons. The molecule has 2 aromatic carbocycles. The maximum Gasteiger partial charge on any atom is 0.433 e. The Kier molecular flexibility index (Phi) is 8.39. The van der Waals surface area contributed by atoms with Gasteiger partial charge in [0.05, 0.1) is 12.1 Å². The van der Waals surface area contributed by atoms with Crippen molar-refractivity contribution >= 4 is 23.2 Å². The molecule has 3 aromatic rings. The van der Waals surface area contributed by atoms with Crippen LogP contribution >= 0.6 is 11.6 Å². The zero-order valence-electron chi connectivity index (χ0n) is 18.8. The van der Waals surface area contributed by atoms with Gasteiger partial charge in [-0.25, -0.2) is 0 Å². The van der Waals surface area contributed by atoms with Gasteiger partial charge in [-0.1, -0.05) is 48.0 Å². The number of hydrogen-bond donors (Lipinski definition) is 1. The number of hydrogen-bond acceptors (Lipinski definition) is 4. The predicted molar refractivity (Wildman–Crippen MR) is 126 cm³/mol. The van der Waals surface area contributed by atoms with E-state index in [1.165, 1.54) is 19.4 Å². The second-order valence-electron chi connectivity index (χ2n) is 7.59. The third-order valence-corrected chi connectivity index (χ3v) is 5.68. The van der Waals surface area contributed by atoms with Gasteiger partial charge < -0.3 is 15.0 Å². The van der Waals surface area contributed by atoms with Crippen LogP contribution in [0.2, 0.25) is 5.02 Å². The average molecular weight is 492 g/mol. The van der Waals surface area contributed by atoms with Gasteiger partial charge in [-0.2, -0.15) is 13.2 Å². The number of methoxy groups -OCH3 is 1. The van der Waals surface area contributed by atoms with E-state index in [4.69, 9.17) is 16.3 Å². The highest BCUT2D eigenvalue weighted by Crippen LogP contribution is 2.34. The lowest BCUT2D eigenvalue weighted by Crippen LogP contribution is -2.40. The number of carbonyl (C=O) groups is 1. The lowest BCUT2D eigenvalue weighted by molar-refractivity contribution is -0.141. The molecule has 0 saturated carbocycles. The molecular formula is C25H25ClF3N3O2. The maximum atomic E-state index is 13.0. The van der Waals surface area contributed by atoms with E-state index in [0.717, 1.165) is 17.3 Å². The Balaban J connectivity index is 1.89. The summed E-state index contributed by atoms with van der Waals surface area (Å²) in [4.78, 5) is 18.5. The highest BCUT2D eigenvalue weighted by atomic mass is 35.5. The molecule has 1 aromatic heterocycles. The van der Waals surface area contributed by atoms with E-state index in [9.17, 15) is 18.0 Å². The van der Waals surface area contributed by atoms with E-state index in [1.54, 1.807) is 19.2 Å². The van der Waals surface area contributed by atoms with Gasteiger partial charge in [0.25, 0.3) is 0 Å². The fourth-order valence-electron chi connectivity index (χ4n) is 3.67. The largest absolute Gasteiger partial charge is 0.495 e. The number of rotatable bonds is 9. The number of ether oxygens (including phenoxy) is 1. The maximum absolute atomic E-state index is 13.0. The first kappa shape index (κ1) is 25.4. The van der Waals surface area contributed by atoms with E-state index in [1.807, 2.05) is 41.3 Å². The van der Waals surface area contributed by atoms with Crippen molar-refractivity contribution in [2.45, 2.75) is 25.1 Å². The van der Waals surface area contributed by atoms with Crippen LogP contribution in [0.1, 0.15) is 29.3 Å². The molecule has 5 nitrogen and oxygen atoms in total. The van der Waals surface area contributed by atoms with Crippen LogP contribution in [0.15, 0.2) is 66.9 Å². The number of amides is 1. The Morgan fingerprint density at radius 2 is 1.88 bits per heavy atom. The minimum Gasteiger partial charge on any atom is -0.495 e. The molecular weight excluding hydrogens is 467 g/mol. The molecule has 0 aliphatic heterocycles. The van der Waals surface area contributed by atoms with Crippen LogP contribution in [0.4, 0.5) is 18.9 Å². The number of pyridine rings is 1. The first-order valence-corrected chi connectivity index (χ1v) is 11.0. The zero-order chi connectivity index (χ0) is 24.7. The standard InChI is InChI=1S/C25H25ClF3N3O2/c1-30-24(33)23(18-8-4-3-5-9-18)32(19-11-12-20(26)21(15-19)34-2)14-6-7-17-10-13-22(31-16-17)25(27,28)29/h3-5,8-13,15-16,23H,6-7,14H2,1-2H3,(H,30,33)/t23-/m0/s1. The monoisotopic (exact) mass is 491 g/mol. The van der Waals surface area contributed by atoms with Crippen LogP contribution in [0.3, 0.4) is 0 Å². The predicted octanol–water partition coefficient (Wildman–Crippen LogP) is 5.69. The lowest BCUT2D eigenvalue weighted by atomic mass is 10.0. The molecule has 34 heavy (non-hydrogen) atoms. The Hall–Kier alpha value is -3.26. The summed E-state index contributed by atoms with van der Waals surface area (Å²) < 4.78 is 43.7. The summed E-state index contributed by atoms with van der Waals surface area (Å²) in [7, 11) is 3.09. The number of aryl methyl sites for hydroxylation is 1. The highest BCUT2D eigenvalue weighted by Gasteiger charge is 2.32. The van der Waals surface area contributed by atoms with Crippen molar-refractivity contribution < 1.29 is 22.7 Å². The van der Waals surface area contributed by atoms with E-state index >= 15 is 0 Å². The Bertz CT molecular complexity index is 1090. The second kappa shape index (κ2) is 11.2. The summed E-state index contributed by atoms with van der Waals surface area (Å²) in [6.07, 6.45) is -2.18. The number of nitrogens with one attached hydrogen (secondary N) is 1. The molecule has 0 saturated heterocycles. The number of likely N-dealkylation sites (N-methyl/N-ethyl adjacent to an activating group) is 1. The first-order valence-electron chi connectivity index (χ1n) is 10.6. The molecule has 0 aliphatic rings. The van der Waals surface area contributed by atoms with Gasteiger partial charge in [0, 0.05) is 31.5 Å². The van der Waals surface area contributed by atoms with Crippen molar-refractivity contribution in [3.05, 3.63) is 88.7 Å². The second-order valence-corrected chi connectivity index (χ2v) is 8.00. The fraction of sp³-hybridized carbons (Fsp3) is 0.280. The Morgan fingerprint density at radius 3 is 2.47 bits per heavy atom. The summed E-state index contributed by atoms with van der Waals surface area (Å²) >= 11 is 6.21. The van der Waals surface area contributed by atoms with Gasteiger partial charge in [-0.3, -0.25) is 9.78 Å². The minimum absolute atomic E-state index is 0.198. The summed E-state index contributed by atoms with van der Waals surface area (Å²) in [5.74, 6) is 0.274. The lowest BCUT2D eigenvalue weighted by Gasteiger charge is -2.33. The average Bonchev–Trinajstić information content (AvgIpc) is 2.84. The molecule has 0 radical (unpaired) electrons. The third-order valence-electron chi connectivity index (χ3n) is 5.37. The molecule has 0 bridgehead atoms. The van der Waals surface area contributed by atoms with Crippen molar-refractivity contribution in [2.24, 2.45) is 0 Å². The van der Waals surface area contributed by atoms with Crippen LogP contribution in [0.5, 0.6) is 5.75 Å². The number of aromatic nitrogens is 1. The summed E-state index contributed by atoms with van der Waals surface area (Å²) in [6.45, 7) is 0.443. The molecule has 3 rings (SSSR count). The number of alkyl halides is 3. The van der Waals surface area contributed by atoms with E-state index < -0.39 is 17.9 Å². The van der Waals surface area contributed by atoms with Crippen LogP contribution in [-0.4, -0.2) is 31.6 Å². The van der Waals surface area contributed by atoms with Crippen molar-refractivity contribution in [1.29, 1.82) is 0 Å². The van der Waals surface area contributed by atoms with Gasteiger partial charge in [0.1, 0.15) is 17.5 Å². The quantitative estimate of drug-likeness (QED) is 0.418. The molecule has 1 N–H and O–H groups in total. The normalized spacial score (nSPS) is 12.2. The van der Waals surface area contributed by atoms with Crippen molar-refractivity contribution in [2.75, 3.05) is 25.6 Å². The number of benzene rings is 2.